The van der Waals surface area contributed by atoms with Gasteiger partial charge >= 0.3 is 5.97 Å². The Morgan fingerprint density at radius 2 is 2.64 bits per heavy atom. The monoisotopic (exact) mass is 157 g/mol. The molecular weight excluding hydrogens is 150 g/mol. The zero-order valence-corrected chi connectivity index (χ0v) is 5.85. The molecule has 1 atom stereocenters. The summed E-state index contributed by atoms with van der Waals surface area (Å²) in [5.74, 6) is -0.682. The molecule has 1 rings (SSSR count). The first-order valence-corrected chi connectivity index (χ1v) is 2.90. The molecule has 0 amide bonds. The molecule has 0 bridgehead atoms. The summed E-state index contributed by atoms with van der Waals surface area (Å²) >= 11 is 0. The first kappa shape index (κ1) is 7.74. The van der Waals surface area contributed by atoms with E-state index < -0.39 is 12.1 Å². The summed E-state index contributed by atoms with van der Waals surface area (Å²) in [6.45, 7) is 0. The van der Waals surface area contributed by atoms with Crippen LogP contribution in [0.1, 0.15) is 11.9 Å². The molecule has 0 saturated heterocycles. The van der Waals surface area contributed by atoms with Crippen LogP contribution in [0.25, 0.3) is 0 Å². The number of hydrogen-bond donors (Lipinski definition) is 1. The van der Waals surface area contributed by atoms with Crippen LogP contribution in [-0.2, 0) is 9.53 Å². The maximum atomic E-state index is 10.7. The number of methoxy groups -OCH3 is 1. The fourth-order valence-electron chi connectivity index (χ4n) is 0.588. The molecule has 0 aromatic carbocycles. The molecule has 0 fully saturated rings. The summed E-state index contributed by atoms with van der Waals surface area (Å²) in [4.78, 5) is 14.2. The van der Waals surface area contributed by atoms with Gasteiger partial charge in [0.15, 0.2) is 12.2 Å². The normalized spacial score (nSPS) is 12.5. The van der Waals surface area contributed by atoms with Crippen molar-refractivity contribution >= 4 is 5.97 Å². The molecule has 0 saturated carbocycles. The van der Waals surface area contributed by atoms with Crippen molar-refractivity contribution in [1.82, 2.24) is 4.98 Å². The van der Waals surface area contributed by atoms with Crippen molar-refractivity contribution in [2.45, 2.75) is 6.10 Å². The van der Waals surface area contributed by atoms with Gasteiger partial charge in [-0.25, -0.2) is 9.78 Å². The number of aliphatic hydroxyl groups is 1. The summed E-state index contributed by atoms with van der Waals surface area (Å²) in [6.07, 6.45) is 1.01. The second-order valence-electron chi connectivity index (χ2n) is 1.83. The summed E-state index contributed by atoms with van der Waals surface area (Å²) < 4.78 is 8.92. The summed E-state index contributed by atoms with van der Waals surface area (Å²) in [6, 6.07) is 0. The first-order valence-electron chi connectivity index (χ1n) is 2.90. The molecule has 0 aliphatic carbocycles. The van der Waals surface area contributed by atoms with Crippen molar-refractivity contribution in [3.05, 3.63) is 18.4 Å². The van der Waals surface area contributed by atoms with Crippen LogP contribution in [-0.4, -0.2) is 23.2 Å². The van der Waals surface area contributed by atoms with Crippen LogP contribution in [0.5, 0.6) is 0 Å². The van der Waals surface area contributed by atoms with Gasteiger partial charge in [0, 0.05) is 0 Å². The Labute approximate surface area is 62.6 Å². The first-order chi connectivity index (χ1) is 5.25. The van der Waals surface area contributed by atoms with Crippen LogP contribution >= 0.6 is 0 Å². The van der Waals surface area contributed by atoms with Gasteiger partial charge < -0.3 is 14.3 Å². The van der Waals surface area contributed by atoms with Crippen LogP contribution in [0, 0.1) is 0 Å². The van der Waals surface area contributed by atoms with E-state index in [4.69, 9.17) is 5.11 Å². The molecule has 1 aromatic rings. The second kappa shape index (κ2) is 3.16. The Morgan fingerprint density at radius 3 is 3.09 bits per heavy atom. The van der Waals surface area contributed by atoms with E-state index in [0.29, 0.717) is 0 Å². The highest BCUT2D eigenvalue weighted by atomic mass is 16.5. The van der Waals surface area contributed by atoms with Crippen molar-refractivity contribution in [1.29, 1.82) is 0 Å². The fraction of sp³-hybridized carbons (Fsp3) is 0.333. The predicted molar refractivity (Wildman–Crippen MR) is 33.5 cm³/mol. The van der Waals surface area contributed by atoms with Crippen LogP contribution in [0.4, 0.5) is 0 Å². The molecule has 11 heavy (non-hydrogen) atoms. The third kappa shape index (κ3) is 1.56. The van der Waals surface area contributed by atoms with E-state index in [9.17, 15) is 4.79 Å². The predicted octanol–water partition coefficient (Wildman–Crippen LogP) is -0.119. The fourth-order valence-corrected chi connectivity index (χ4v) is 0.588. The highest BCUT2D eigenvalue weighted by Gasteiger charge is 2.20. The number of rotatable bonds is 2. The summed E-state index contributed by atoms with van der Waals surface area (Å²) in [5, 5.41) is 9.07. The number of oxazole rings is 1. The average molecular weight is 157 g/mol. The Hall–Kier alpha value is -1.36. The Kier molecular flexibility index (Phi) is 2.22. The van der Waals surface area contributed by atoms with Gasteiger partial charge in [0.1, 0.15) is 0 Å². The third-order valence-corrected chi connectivity index (χ3v) is 1.15. The lowest BCUT2D eigenvalue weighted by Gasteiger charge is -2.02. The molecule has 0 radical (unpaired) electrons. The van der Waals surface area contributed by atoms with Crippen molar-refractivity contribution < 1.29 is 19.1 Å². The molecule has 60 valence electrons. The maximum absolute atomic E-state index is 10.7. The number of aromatic nitrogens is 1. The summed E-state index contributed by atoms with van der Waals surface area (Å²) in [7, 11) is 1.18. The largest absolute Gasteiger partial charge is 0.467 e. The zero-order valence-electron chi connectivity index (χ0n) is 5.85. The highest BCUT2D eigenvalue weighted by Crippen LogP contribution is 2.11. The minimum atomic E-state index is -1.37. The maximum Gasteiger partial charge on any atom is 0.342 e. The van der Waals surface area contributed by atoms with Crippen LogP contribution in [0.2, 0.25) is 0 Å². The molecule has 5 nitrogen and oxygen atoms in total. The Morgan fingerprint density at radius 1 is 1.91 bits per heavy atom. The average Bonchev–Trinajstić information content (AvgIpc) is 2.53. The van der Waals surface area contributed by atoms with Crippen molar-refractivity contribution in [3.8, 4) is 0 Å². The van der Waals surface area contributed by atoms with Gasteiger partial charge in [0.2, 0.25) is 6.10 Å². The number of nitrogens with zero attached hydrogens (tertiary/aromatic N) is 1. The van der Waals surface area contributed by atoms with E-state index in [1.54, 1.807) is 0 Å². The van der Waals surface area contributed by atoms with Gasteiger partial charge in [-0.15, -0.1) is 0 Å². The number of esters is 1. The van der Waals surface area contributed by atoms with Crippen LogP contribution in [0.15, 0.2) is 17.0 Å². The molecule has 5 heteroatoms. The molecular formula is C6H7NO4. The van der Waals surface area contributed by atoms with E-state index in [0.717, 1.165) is 6.39 Å². The van der Waals surface area contributed by atoms with Gasteiger partial charge in [-0.1, -0.05) is 0 Å². The molecule has 1 heterocycles. The van der Waals surface area contributed by atoms with E-state index in [1.165, 1.54) is 13.3 Å². The quantitative estimate of drug-likeness (QED) is 0.606. The van der Waals surface area contributed by atoms with Gasteiger partial charge in [-0.2, -0.15) is 0 Å². The minimum absolute atomic E-state index is 0.0804. The van der Waals surface area contributed by atoms with Gasteiger partial charge in [0.25, 0.3) is 0 Å². The topological polar surface area (TPSA) is 72.6 Å². The second-order valence-corrected chi connectivity index (χ2v) is 1.83. The third-order valence-electron chi connectivity index (χ3n) is 1.15. The Bertz CT molecular complexity index is 231. The number of hydrogen-bond acceptors (Lipinski definition) is 5. The SMILES string of the molecule is COC(=O)[C@H](O)c1cnco1. The molecule has 0 spiro atoms. The van der Waals surface area contributed by atoms with Crippen molar-refractivity contribution in [2.24, 2.45) is 0 Å². The molecule has 1 aromatic heterocycles. The van der Waals surface area contributed by atoms with E-state index >= 15 is 0 Å². The zero-order chi connectivity index (χ0) is 8.27. The summed E-state index contributed by atoms with van der Waals surface area (Å²) in [5.41, 5.74) is 0. The van der Waals surface area contributed by atoms with Crippen LogP contribution in [0.3, 0.4) is 0 Å². The van der Waals surface area contributed by atoms with Gasteiger partial charge in [0.05, 0.1) is 13.3 Å². The smallest absolute Gasteiger partial charge is 0.342 e. The standard InChI is InChI=1S/C6H7NO4/c1-10-6(9)5(8)4-2-7-3-11-4/h2-3,5,8H,1H3/t5-/m1/s1. The van der Waals surface area contributed by atoms with Crippen molar-refractivity contribution in [3.63, 3.8) is 0 Å². The lowest BCUT2D eigenvalue weighted by atomic mass is 10.3. The molecule has 0 aliphatic rings. The highest BCUT2D eigenvalue weighted by molar-refractivity contribution is 5.75. The van der Waals surface area contributed by atoms with E-state index in [2.05, 4.69) is 14.1 Å². The van der Waals surface area contributed by atoms with E-state index in [1.807, 2.05) is 0 Å². The van der Waals surface area contributed by atoms with Crippen molar-refractivity contribution in [2.75, 3.05) is 7.11 Å². The number of ether oxygens (including phenoxy) is 1. The van der Waals surface area contributed by atoms with Gasteiger partial charge in [-0.05, 0) is 0 Å². The number of carbonyl (C=O) groups is 1. The molecule has 1 N–H and O–H groups in total. The minimum Gasteiger partial charge on any atom is -0.467 e. The Balaban J connectivity index is 2.70. The number of aliphatic hydroxyl groups excluding tert-OH is 1. The lowest BCUT2D eigenvalue weighted by molar-refractivity contribution is -0.151. The molecule has 0 aliphatic heterocycles. The lowest BCUT2D eigenvalue weighted by Crippen LogP contribution is -2.12. The van der Waals surface area contributed by atoms with Gasteiger partial charge in [-0.3, -0.25) is 0 Å². The number of carbonyl (C=O) groups excluding carboxylic acids is 1. The van der Waals surface area contributed by atoms with E-state index in [-0.39, 0.29) is 5.76 Å². The molecule has 0 unspecified atom stereocenters. The van der Waals surface area contributed by atoms with Crippen LogP contribution < -0.4 is 0 Å².